The van der Waals surface area contributed by atoms with Gasteiger partial charge in [-0.3, -0.25) is 0 Å². The molecule has 1 aromatic carbocycles. The van der Waals surface area contributed by atoms with Crippen molar-refractivity contribution in [2.24, 2.45) is 0 Å². The molecule has 0 saturated heterocycles. The summed E-state index contributed by atoms with van der Waals surface area (Å²) in [6, 6.07) is 4.59. The molecule has 0 heterocycles. The molecule has 20 heavy (non-hydrogen) atoms. The van der Waals surface area contributed by atoms with Crippen LogP contribution in [0.25, 0.3) is 0 Å². The van der Waals surface area contributed by atoms with Gasteiger partial charge in [0.1, 0.15) is 0 Å². The lowest BCUT2D eigenvalue weighted by atomic mass is 10.1. The third kappa shape index (κ3) is 4.02. The molecule has 0 aliphatic heterocycles. The van der Waals surface area contributed by atoms with E-state index >= 15 is 0 Å². The van der Waals surface area contributed by atoms with E-state index in [0.717, 1.165) is 12.1 Å². The van der Waals surface area contributed by atoms with Crippen LogP contribution < -0.4 is 19.5 Å². The quantitative estimate of drug-likeness (QED) is 0.675. The third-order valence-electron chi connectivity index (χ3n) is 3.24. The average molecular weight is 281 g/mol. The number of hydrogen-bond donors (Lipinski definition) is 2. The van der Waals surface area contributed by atoms with Crippen LogP contribution in [0.2, 0.25) is 0 Å². The van der Waals surface area contributed by atoms with Crippen LogP contribution in [0.1, 0.15) is 24.8 Å². The van der Waals surface area contributed by atoms with Crippen molar-refractivity contribution < 1.29 is 19.3 Å². The third-order valence-corrected chi connectivity index (χ3v) is 3.24. The van der Waals surface area contributed by atoms with Crippen LogP contribution in [0.4, 0.5) is 0 Å². The Bertz CT molecular complexity index is 407. The molecule has 0 aromatic heterocycles. The number of hydrogen-bond acceptors (Lipinski definition) is 5. The molecule has 1 fully saturated rings. The van der Waals surface area contributed by atoms with Crippen molar-refractivity contribution in [2.45, 2.75) is 31.8 Å². The zero-order chi connectivity index (χ0) is 14.4. The Morgan fingerprint density at radius 1 is 1.20 bits per heavy atom. The van der Waals surface area contributed by atoms with E-state index in [1.807, 2.05) is 12.1 Å². The van der Waals surface area contributed by atoms with Crippen LogP contribution >= 0.6 is 0 Å². The fourth-order valence-corrected chi connectivity index (χ4v) is 1.97. The van der Waals surface area contributed by atoms with E-state index in [1.165, 1.54) is 12.8 Å². The van der Waals surface area contributed by atoms with Crippen molar-refractivity contribution in [3.05, 3.63) is 17.7 Å². The van der Waals surface area contributed by atoms with Gasteiger partial charge in [0, 0.05) is 25.6 Å². The number of aliphatic hydroxyl groups excluding tert-OH is 1. The largest absolute Gasteiger partial charge is 0.493 e. The summed E-state index contributed by atoms with van der Waals surface area (Å²) in [7, 11) is 3.23. The smallest absolute Gasteiger partial charge is 0.203 e. The van der Waals surface area contributed by atoms with Gasteiger partial charge in [-0.1, -0.05) is 0 Å². The molecule has 0 unspecified atom stereocenters. The molecule has 0 radical (unpaired) electrons. The van der Waals surface area contributed by atoms with E-state index in [-0.39, 0.29) is 6.61 Å². The summed E-state index contributed by atoms with van der Waals surface area (Å²) in [6.45, 7) is 1.34. The van der Waals surface area contributed by atoms with Gasteiger partial charge in [-0.05, 0) is 30.5 Å². The molecule has 1 aromatic rings. The predicted molar refractivity (Wildman–Crippen MR) is 76.6 cm³/mol. The Hall–Kier alpha value is -1.46. The van der Waals surface area contributed by atoms with E-state index in [1.54, 1.807) is 14.2 Å². The molecule has 1 aliphatic carbocycles. The Labute approximate surface area is 119 Å². The van der Waals surface area contributed by atoms with Crippen molar-refractivity contribution in [2.75, 3.05) is 27.4 Å². The minimum absolute atomic E-state index is 0.105. The summed E-state index contributed by atoms with van der Waals surface area (Å²) in [5, 5.41) is 12.3. The predicted octanol–water partition coefficient (Wildman–Crippen LogP) is 1.72. The van der Waals surface area contributed by atoms with E-state index in [9.17, 15) is 0 Å². The van der Waals surface area contributed by atoms with Gasteiger partial charge in [0.2, 0.25) is 5.75 Å². The molecule has 0 spiro atoms. The highest BCUT2D eigenvalue weighted by Gasteiger charge is 2.21. The van der Waals surface area contributed by atoms with Crippen molar-refractivity contribution >= 4 is 0 Å². The van der Waals surface area contributed by atoms with Gasteiger partial charge in [-0.15, -0.1) is 0 Å². The molecule has 1 aliphatic rings. The molecule has 5 nitrogen and oxygen atoms in total. The molecule has 2 rings (SSSR count). The number of rotatable bonds is 9. The second-order valence-corrected chi connectivity index (χ2v) is 4.91. The molecule has 1 saturated carbocycles. The second kappa shape index (κ2) is 7.36. The first-order valence-electron chi connectivity index (χ1n) is 7.00. The van der Waals surface area contributed by atoms with Crippen LogP contribution in [-0.2, 0) is 6.54 Å². The highest BCUT2D eigenvalue weighted by molar-refractivity contribution is 5.53. The lowest BCUT2D eigenvalue weighted by Gasteiger charge is -2.16. The maximum absolute atomic E-state index is 8.82. The van der Waals surface area contributed by atoms with Gasteiger partial charge in [-0.2, -0.15) is 0 Å². The van der Waals surface area contributed by atoms with Crippen molar-refractivity contribution in [1.29, 1.82) is 0 Å². The monoisotopic (exact) mass is 281 g/mol. The van der Waals surface area contributed by atoms with Gasteiger partial charge in [0.15, 0.2) is 11.5 Å². The fraction of sp³-hybridized carbons (Fsp3) is 0.600. The van der Waals surface area contributed by atoms with E-state index in [0.29, 0.717) is 36.3 Å². The number of aliphatic hydroxyl groups is 1. The molecule has 5 heteroatoms. The molecule has 0 atom stereocenters. The normalized spacial score (nSPS) is 14.2. The Balaban J connectivity index is 2.11. The van der Waals surface area contributed by atoms with Crippen LogP contribution in [0.15, 0.2) is 12.1 Å². The Morgan fingerprint density at radius 2 is 1.85 bits per heavy atom. The molecular weight excluding hydrogens is 258 g/mol. The molecular formula is C15H23NO4. The topological polar surface area (TPSA) is 60.0 Å². The average Bonchev–Trinajstić information content (AvgIpc) is 3.29. The zero-order valence-electron chi connectivity index (χ0n) is 12.1. The van der Waals surface area contributed by atoms with Gasteiger partial charge in [0.05, 0.1) is 20.8 Å². The van der Waals surface area contributed by atoms with Crippen LogP contribution in [0, 0.1) is 0 Å². The number of ether oxygens (including phenoxy) is 3. The molecule has 2 N–H and O–H groups in total. The minimum atomic E-state index is 0.105. The van der Waals surface area contributed by atoms with E-state index < -0.39 is 0 Å². The molecule has 0 amide bonds. The summed E-state index contributed by atoms with van der Waals surface area (Å²) >= 11 is 0. The van der Waals surface area contributed by atoms with Crippen molar-refractivity contribution in [3.8, 4) is 17.2 Å². The number of benzene rings is 1. The van der Waals surface area contributed by atoms with Crippen molar-refractivity contribution in [3.63, 3.8) is 0 Å². The SMILES string of the molecule is COc1cc(CNC2CC2)cc(OC)c1OCCCO. The maximum Gasteiger partial charge on any atom is 0.203 e. The molecule has 0 bridgehead atoms. The Kier molecular flexibility index (Phi) is 5.49. The maximum atomic E-state index is 8.82. The lowest BCUT2D eigenvalue weighted by molar-refractivity contribution is 0.221. The zero-order valence-corrected chi connectivity index (χ0v) is 12.1. The lowest BCUT2D eigenvalue weighted by Crippen LogP contribution is -2.15. The summed E-state index contributed by atoms with van der Waals surface area (Å²) in [4.78, 5) is 0. The fourth-order valence-electron chi connectivity index (χ4n) is 1.97. The van der Waals surface area contributed by atoms with Gasteiger partial charge >= 0.3 is 0 Å². The highest BCUT2D eigenvalue weighted by atomic mass is 16.5. The summed E-state index contributed by atoms with van der Waals surface area (Å²) in [6.07, 6.45) is 3.10. The van der Waals surface area contributed by atoms with E-state index in [4.69, 9.17) is 19.3 Å². The first kappa shape index (κ1) is 14.9. The first-order chi connectivity index (χ1) is 9.78. The minimum Gasteiger partial charge on any atom is -0.493 e. The number of methoxy groups -OCH3 is 2. The van der Waals surface area contributed by atoms with Crippen LogP contribution in [-0.4, -0.2) is 38.6 Å². The first-order valence-corrected chi connectivity index (χ1v) is 7.00. The second-order valence-electron chi connectivity index (χ2n) is 4.91. The van der Waals surface area contributed by atoms with Crippen LogP contribution in [0.5, 0.6) is 17.2 Å². The standard InChI is InChI=1S/C15H23NO4/c1-18-13-8-11(10-16-12-4-5-12)9-14(19-2)15(13)20-7-3-6-17/h8-9,12,16-17H,3-7,10H2,1-2H3. The van der Waals surface area contributed by atoms with Gasteiger partial charge in [0.25, 0.3) is 0 Å². The van der Waals surface area contributed by atoms with Gasteiger partial charge in [-0.25, -0.2) is 0 Å². The van der Waals surface area contributed by atoms with E-state index in [2.05, 4.69) is 5.32 Å². The van der Waals surface area contributed by atoms with Gasteiger partial charge < -0.3 is 24.6 Å². The number of nitrogens with one attached hydrogen (secondary N) is 1. The molecule has 112 valence electrons. The summed E-state index contributed by atoms with van der Waals surface area (Å²) in [5.74, 6) is 1.92. The highest BCUT2D eigenvalue weighted by Crippen LogP contribution is 2.38. The Morgan fingerprint density at radius 3 is 2.35 bits per heavy atom. The summed E-state index contributed by atoms with van der Waals surface area (Å²) in [5.41, 5.74) is 1.11. The van der Waals surface area contributed by atoms with Crippen molar-refractivity contribution in [1.82, 2.24) is 5.32 Å². The summed E-state index contributed by atoms with van der Waals surface area (Å²) < 4.78 is 16.4. The van der Waals surface area contributed by atoms with Crippen LogP contribution in [0.3, 0.4) is 0 Å².